The van der Waals surface area contributed by atoms with Crippen LogP contribution in [-0.4, -0.2) is 24.3 Å². The van der Waals surface area contributed by atoms with Gasteiger partial charge >= 0.3 is 0 Å². The molecular formula is C20H15N3O4S. The number of amides is 1. The van der Waals surface area contributed by atoms with Crippen molar-refractivity contribution < 1.29 is 17.6 Å². The van der Waals surface area contributed by atoms with Gasteiger partial charge in [0, 0.05) is 24.3 Å². The molecule has 28 heavy (non-hydrogen) atoms. The average molecular weight is 393 g/mol. The van der Waals surface area contributed by atoms with E-state index in [9.17, 15) is 13.2 Å². The molecule has 8 heteroatoms. The van der Waals surface area contributed by atoms with Gasteiger partial charge in [0.05, 0.1) is 11.1 Å². The third kappa shape index (κ3) is 3.49. The smallest absolute Gasteiger partial charge is 0.287 e. The topological polar surface area (TPSA) is 102 Å². The highest BCUT2D eigenvalue weighted by Gasteiger charge is 2.18. The number of hydrogen-bond donors (Lipinski definition) is 1. The third-order valence-corrected chi connectivity index (χ3v) is 5.83. The van der Waals surface area contributed by atoms with E-state index in [0.717, 1.165) is 10.9 Å². The van der Waals surface area contributed by atoms with Crippen LogP contribution in [0.4, 0.5) is 0 Å². The SMILES string of the molecule is O=C(NCc1ccc(S(=O)(=O)c2ccccn2)cc1)c1cc2ccncc2o1. The van der Waals surface area contributed by atoms with Crippen LogP contribution in [0.25, 0.3) is 11.0 Å². The monoisotopic (exact) mass is 393 g/mol. The second kappa shape index (κ2) is 7.24. The molecule has 0 unspecified atom stereocenters. The molecule has 1 aromatic carbocycles. The maximum Gasteiger partial charge on any atom is 0.287 e. The zero-order valence-corrected chi connectivity index (χ0v) is 15.4. The molecule has 1 N–H and O–H groups in total. The highest BCUT2D eigenvalue weighted by Crippen LogP contribution is 2.20. The summed E-state index contributed by atoms with van der Waals surface area (Å²) in [5.41, 5.74) is 1.29. The van der Waals surface area contributed by atoms with E-state index < -0.39 is 9.84 Å². The summed E-state index contributed by atoms with van der Waals surface area (Å²) in [7, 11) is -3.66. The molecule has 0 atom stereocenters. The Hall–Kier alpha value is -3.52. The zero-order chi connectivity index (χ0) is 19.6. The molecule has 0 saturated carbocycles. The molecule has 1 amide bonds. The van der Waals surface area contributed by atoms with Gasteiger partial charge in [0.25, 0.3) is 5.91 Å². The van der Waals surface area contributed by atoms with E-state index in [2.05, 4.69) is 15.3 Å². The minimum atomic E-state index is -3.66. The van der Waals surface area contributed by atoms with Gasteiger partial charge in [0.15, 0.2) is 16.4 Å². The first-order valence-corrected chi connectivity index (χ1v) is 9.89. The van der Waals surface area contributed by atoms with Crippen LogP contribution in [0.3, 0.4) is 0 Å². The predicted molar refractivity (Wildman–Crippen MR) is 101 cm³/mol. The second-order valence-corrected chi connectivity index (χ2v) is 7.92. The van der Waals surface area contributed by atoms with Crippen molar-refractivity contribution in [2.75, 3.05) is 0 Å². The maximum atomic E-state index is 12.5. The molecule has 0 fully saturated rings. The predicted octanol–water partition coefficient (Wildman–Crippen LogP) is 2.99. The Morgan fingerprint density at radius 3 is 2.57 bits per heavy atom. The van der Waals surface area contributed by atoms with Crippen LogP contribution in [0.1, 0.15) is 16.1 Å². The normalized spacial score (nSPS) is 11.4. The van der Waals surface area contributed by atoms with Gasteiger partial charge in [-0.1, -0.05) is 18.2 Å². The zero-order valence-electron chi connectivity index (χ0n) is 14.6. The molecule has 0 aliphatic carbocycles. The molecule has 3 aromatic heterocycles. The Morgan fingerprint density at radius 2 is 1.86 bits per heavy atom. The van der Waals surface area contributed by atoms with Crippen molar-refractivity contribution in [3.8, 4) is 0 Å². The molecule has 0 radical (unpaired) electrons. The lowest BCUT2D eigenvalue weighted by molar-refractivity contribution is 0.0925. The fourth-order valence-corrected chi connectivity index (χ4v) is 3.87. The fraction of sp³-hybridized carbons (Fsp3) is 0.0500. The van der Waals surface area contributed by atoms with Crippen molar-refractivity contribution >= 4 is 26.7 Å². The molecule has 4 rings (SSSR count). The fourth-order valence-electron chi connectivity index (χ4n) is 2.68. The highest BCUT2D eigenvalue weighted by atomic mass is 32.2. The van der Waals surface area contributed by atoms with E-state index in [1.807, 2.05) is 0 Å². The summed E-state index contributed by atoms with van der Waals surface area (Å²) in [5, 5.41) is 3.54. The van der Waals surface area contributed by atoms with Gasteiger partial charge in [0.2, 0.25) is 9.84 Å². The van der Waals surface area contributed by atoms with Crippen molar-refractivity contribution in [1.29, 1.82) is 0 Å². The van der Waals surface area contributed by atoms with Gasteiger partial charge in [0.1, 0.15) is 0 Å². The van der Waals surface area contributed by atoms with Gasteiger partial charge in [-0.2, -0.15) is 0 Å². The van der Waals surface area contributed by atoms with Crippen molar-refractivity contribution in [1.82, 2.24) is 15.3 Å². The Bertz CT molecular complexity index is 1200. The maximum absolute atomic E-state index is 12.5. The number of nitrogens with one attached hydrogen (secondary N) is 1. The van der Waals surface area contributed by atoms with Crippen molar-refractivity contribution in [3.63, 3.8) is 0 Å². The summed E-state index contributed by atoms with van der Waals surface area (Å²) in [4.78, 5) is 20.3. The van der Waals surface area contributed by atoms with Gasteiger partial charge in [-0.15, -0.1) is 0 Å². The lowest BCUT2D eigenvalue weighted by Crippen LogP contribution is -2.22. The van der Waals surface area contributed by atoms with E-state index in [-0.39, 0.29) is 28.1 Å². The Kier molecular flexibility index (Phi) is 4.62. The lowest BCUT2D eigenvalue weighted by atomic mass is 10.2. The van der Waals surface area contributed by atoms with Gasteiger partial charge < -0.3 is 9.73 Å². The molecule has 0 aliphatic rings. The minimum absolute atomic E-state index is 0.00423. The molecule has 0 bridgehead atoms. The summed E-state index contributed by atoms with van der Waals surface area (Å²) in [6.07, 6.45) is 4.61. The molecule has 0 aliphatic heterocycles. The number of hydrogen-bond acceptors (Lipinski definition) is 6. The molecule has 140 valence electrons. The summed E-state index contributed by atoms with van der Waals surface area (Å²) in [6, 6.07) is 14.4. The highest BCUT2D eigenvalue weighted by molar-refractivity contribution is 7.91. The van der Waals surface area contributed by atoms with E-state index in [4.69, 9.17) is 4.42 Å². The van der Waals surface area contributed by atoms with Crippen LogP contribution in [0.2, 0.25) is 0 Å². The number of fused-ring (bicyclic) bond motifs is 1. The summed E-state index contributed by atoms with van der Waals surface area (Å²) < 4.78 is 30.5. The number of benzene rings is 1. The second-order valence-electron chi connectivity index (χ2n) is 6.02. The number of nitrogens with zero attached hydrogens (tertiary/aromatic N) is 2. The Morgan fingerprint density at radius 1 is 1.04 bits per heavy atom. The molecular weight excluding hydrogens is 378 g/mol. The number of furan rings is 1. The number of aromatic nitrogens is 2. The molecule has 0 spiro atoms. The van der Waals surface area contributed by atoms with Gasteiger partial charge in [-0.05, 0) is 42.0 Å². The van der Waals surface area contributed by atoms with E-state index in [0.29, 0.717) is 5.58 Å². The standard InChI is InChI=1S/C20H15N3O4S/c24-20(17-11-15-8-10-21-13-18(15)27-17)23-12-14-4-6-16(7-5-14)28(25,26)19-3-1-2-9-22-19/h1-11,13H,12H2,(H,23,24). The minimum Gasteiger partial charge on any atom is -0.449 e. The van der Waals surface area contributed by atoms with Crippen LogP contribution in [0.15, 0.2) is 87.5 Å². The summed E-state index contributed by atoms with van der Waals surface area (Å²) in [6.45, 7) is 0.234. The van der Waals surface area contributed by atoms with Crippen molar-refractivity contribution in [2.45, 2.75) is 16.5 Å². The van der Waals surface area contributed by atoms with Crippen LogP contribution in [0.5, 0.6) is 0 Å². The third-order valence-electron chi connectivity index (χ3n) is 4.15. The van der Waals surface area contributed by atoms with E-state index in [1.54, 1.807) is 48.8 Å². The number of rotatable bonds is 5. The number of carbonyl (C=O) groups is 1. The first-order valence-electron chi connectivity index (χ1n) is 8.41. The van der Waals surface area contributed by atoms with Crippen molar-refractivity contribution in [3.05, 3.63) is 84.5 Å². The van der Waals surface area contributed by atoms with Crippen LogP contribution < -0.4 is 5.32 Å². The number of carbonyl (C=O) groups excluding carboxylic acids is 1. The first kappa shape index (κ1) is 17.9. The molecule has 7 nitrogen and oxygen atoms in total. The molecule has 4 aromatic rings. The molecule has 0 saturated heterocycles. The van der Waals surface area contributed by atoms with E-state index in [1.165, 1.54) is 24.4 Å². The van der Waals surface area contributed by atoms with Gasteiger partial charge in [-0.3, -0.25) is 9.78 Å². The first-order chi connectivity index (χ1) is 13.5. The number of pyridine rings is 2. The van der Waals surface area contributed by atoms with Crippen LogP contribution in [-0.2, 0) is 16.4 Å². The summed E-state index contributed by atoms with van der Waals surface area (Å²) in [5.74, 6) is -0.168. The largest absolute Gasteiger partial charge is 0.449 e. The Balaban J connectivity index is 1.45. The quantitative estimate of drug-likeness (QED) is 0.559. The van der Waals surface area contributed by atoms with Gasteiger partial charge in [-0.25, -0.2) is 13.4 Å². The van der Waals surface area contributed by atoms with Crippen molar-refractivity contribution in [2.24, 2.45) is 0 Å². The number of sulfone groups is 1. The lowest BCUT2D eigenvalue weighted by Gasteiger charge is -2.06. The Labute approximate surface area is 161 Å². The summed E-state index contributed by atoms with van der Waals surface area (Å²) >= 11 is 0. The average Bonchev–Trinajstić information content (AvgIpc) is 3.17. The van der Waals surface area contributed by atoms with E-state index >= 15 is 0 Å². The van der Waals surface area contributed by atoms with Crippen LogP contribution >= 0.6 is 0 Å². The van der Waals surface area contributed by atoms with Crippen LogP contribution in [0, 0.1) is 0 Å². The molecule has 3 heterocycles.